The van der Waals surface area contributed by atoms with Gasteiger partial charge in [-0.3, -0.25) is 4.79 Å². The highest BCUT2D eigenvalue weighted by molar-refractivity contribution is 7.09. The normalized spacial score (nSPS) is 11.5. The number of nitrogens with zero attached hydrogens (tertiary/aromatic N) is 4. The third-order valence-corrected chi connectivity index (χ3v) is 6.49. The van der Waals surface area contributed by atoms with Gasteiger partial charge in [-0.2, -0.15) is 5.10 Å². The number of aromatic nitrogens is 4. The van der Waals surface area contributed by atoms with Gasteiger partial charge >= 0.3 is 0 Å². The lowest BCUT2D eigenvalue weighted by Crippen LogP contribution is -2.21. The molecule has 0 amide bonds. The molecule has 0 aliphatic heterocycles. The summed E-state index contributed by atoms with van der Waals surface area (Å²) in [6.45, 7) is 2.71. The Morgan fingerprint density at radius 3 is 2.70 bits per heavy atom. The predicted octanol–water partition coefficient (Wildman–Crippen LogP) is 5.23. The first-order valence-electron chi connectivity index (χ1n) is 9.84. The summed E-state index contributed by atoms with van der Waals surface area (Å²) in [5, 5.41) is 8.11. The molecule has 30 heavy (non-hydrogen) atoms. The number of thiophene rings is 1. The van der Waals surface area contributed by atoms with Crippen molar-refractivity contribution in [3.05, 3.63) is 86.2 Å². The molecule has 4 heterocycles. The van der Waals surface area contributed by atoms with Crippen molar-refractivity contribution in [3.63, 3.8) is 0 Å². The molecule has 150 valence electrons. The summed E-state index contributed by atoms with van der Waals surface area (Å²) in [6.07, 6.45) is 5.13. The largest absolute Gasteiger partial charge is 0.314 e. The fraction of sp³-hybridized carbons (Fsp3) is 0.174. The first-order valence-corrected chi connectivity index (χ1v) is 11.1. The maximum Gasteiger partial charge on any atom is 0.261 e. The standard InChI is InChI=1S/C23H19ClN4OS/c1-2-19-21(15-5-7-16(24)8-6-15)22-25-14-18-20(28(22)26-19)10-12-27(23(18)29)11-9-17-4-3-13-30-17/h3-8,10,12-14H,2,9,11H2,1H3. The Balaban J connectivity index is 1.64. The molecule has 0 saturated carbocycles. The second-order valence-electron chi connectivity index (χ2n) is 7.12. The number of halogens is 1. The third kappa shape index (κ3) is 3.22. The molecule has 4 aromatic heterocycles. The van der Waals surface area contributed by atoms with Crippen LogP contribution in [0.5, 0.6) is 0 Å². The van der Waals surface area contributed by atoms with Crippen LogP contribution in [0.3, 0.4) is 0 Å². The van der Waals surface area contributed by atoms with E-state index in [-0.39, 0.29) is 5.56 Å². The number of aryl methyl sites for hydroxylation is 3. The van der Waals surface area contributed by atoms with Crippen molar-refractivity contribution in [1.29, 1.82) is 0 Å². The van der Waals surface area contributed by atoms with E-state index in [1.54, 1.807) is 26.6 Å². The molecule has 1 aromatic carbocycles. The van der Waals surface area contributed by atoms with Gasteiger partial charge in [0.05, 0.1) is 16.6 Å². The number of rotatable bonds is 5. The molecule has 0 bridgehead atoms. The Labute approximate surface area is 182 Å². The van der Waals surface area contributed by atoms with E-state index in [0.29, 0.717) is 17.0 Å². The lowest BCUT2D eigenvalue weighted by atomic mass is 10.0. The summed E-state index contributed by atoms with van der Waals surface area (Å²) in [7, 11) is 0. The summed E-state index contributed by atoms with van der Waals surface area (Å²) in [6, 6.07) is 13.8. The first-order chi connectivity index (χ1) is 14.7. The molecule has 0 spiro atoms. The van der Waals surface area contributed by atoms with Crippen molar-refractivity contribution >= 4 is 39.5 Å². The van der Waals surface area contributed by atoms with E-state index in [1.807, 2.05) is 42.6 Å². The molecule has 0 aliphatic rings. The van der Waals surface area contributed by atoms with Gasteiger partial charge in [0.25, 0.3) is 5.56 Å². The van der Waals surface area contributed by atoms with Gasteiger partial charge in [-0.15, -0.1) is 11.3 Å². The van der Waals surface area contributed by atoms with E-state index in [0.717, 1.165) is 40.8 Å². The summed E-state index contributed by atoms with van der Waals surface area (Å²) >= 11 is 7.77. The fourth-order valence-electron chi connectivity index (χ4n) is 3.78. The van der Waals surface area contributed by atoms with Gasteiger partial charge in [0, 0.05) is 34.4 Å². The van der Waals surface area contributed by atoms with Crippen molar-refractivity contribution in [2.45, 2.75) is 26.3 Å². The molecule has 5 aromatic rings. The molecule has 0 atom stereocenters. The smallest absolute Gasteiger partial charge is 0.261 e. The minimum Gasteiger partial charge on any atom is -0.314 e. The number of benzene rings is 1. The van der Waals surface area contributed by atoms with Crippen molar-refractivity contribution in [2.24, 2.45) is 0 Å². The Bertz CT molecular complexity index is 1400. The Morgan fingerprint density at radius 1 is 1.13 bits per heavy atom. The minimum absolute atomic E-state index is 0.0416. The van der Waals surface area contributed by atoms with Crippen molar-refractivity contribution in [2.75, 3.05) is 0 Å². The zero-order valence-corrected chi connectivity index (χ0v) is 18.0. The van der Waals surface area contributed by atoms with Crippen LogP contribution in [0, 0.1) is 0 Å². The van der Waals surface area contributed by atoms with Crippen LogP contribution in [0.2, 0.25) is 5.02 Å². The van der Waals surface area contributed by atoms with Crippen molar-refractivity contribution in [1.82, 2.24) is 19.2 Å². The highest BCUT2D eigenvalue weighted by atomic mass is 35.5. The predicted molar refractivity (Wildman–Crippen MR) is 123 cm³/mol. The lowest BCUT2D eigenvalue weighted by molar-refractivity contribution is 0.679. The average molecular weight is 435 g/mol. The van der Waals surface area contributed by atoms with Crippen LogP contribution in [0.4, 0.5) is 0 Å². The second-order valence-corrected chi connectivity index (χ2v) is 8.59. The third-order valence-electron chi connectivity index (χ3n) is 5.30. The Kier molecular flexibility index (Phi) is 4.89. The zero-order valence-electron chi connectivity index (χ0n) is 16.4. The molecule has 0 saturated heterocycles. The van der Waals surface area contributed by atoms with Crippen LogP contribution in [0.15, 0.2) is 65.0 Å². The Hall–Kier alpha value is -2.96. The average Bonchev–Trinajstić information content (AvgIpc) is 3.41. The summed E-state index contributed by atoms with van der Waals surface area (Å²) < 4.78 is 3.54. The van der Waals surface area contributed by atoms with Gasteiger partial charge in [-0.25, -0.2) is 9.50 Å². The van der Waals surface area contributed by atoms with E-state index >= 15 is 0 Å². The lowest BCUT2D eigenvalue weighted by Gasteiger charge is -2.07. The van der Waals surface area contributed by atoms with E-state index < -0.39 is 0 Å². The molecule has 0 N–H and O–H groups in total. The molecule has 5 nitrogen and oxygen atoms in total. The first kappa shape index (κ1) is 19.0. The van der Waals surface area contributed by atoms with Gasteiger partial charge in [-0.05, 0) is 48.1 Å². The highest BCUT2D eigenvalue weighted by Crippen LogP contribution is 2.30. The fourth-order valence-corrected chi connectivity index (χ4v) is 4.60. The molecule has 0 unspecified atom stereocenters. The van der Waals surface area contributed by atoms with Gasteiger partial charge in [0.15, 0.2) is 5.65 Å². The number of pyridine rings is 1. The number of hydrogen-bond donors (Lipinski definition) is 0. The maximum atomic E-state index is 13.1. The highest BCUT2D eigenvalue weighted by Gasteiger charge is 2.17. The molecule has 7 heteroatoms. The Morgan fingerprint density at radius 2 is 1.97 bits per heavy atom. The van der Waals surface area contributed by atoms with Crippen LogP contribution < -0.4 is 5.56 Å². The number of fused-ring (bicyclic) bond motifs is 3. The van der Waals surface area contributed by atoms with Crippen LogP contribution in [-0.2, 0) is 19.4 Å². The molecular weight excluding hydrogens is 416 g/mol. The van der Waals surface area contributed by atoms with Crippen LogP contribution in [0.25, 0.3) is 27.7 Å². The topological polar surface area (TPSA) is 52.2 Å². The SMILES string of the molecule is CCc1nn2c(ncc3c(=O)n(CCc4cccs4)ccc32)c1-c1ccc(Cl)cc1. The minimum atomic E-state index is -0.0416. The quantitative estimate of drug-likeness (QED) is 0.380. The van der Waals surface area contributed by atoms with Gasteiger partial charge in [0.1, 0.15) is 0 Å². The van der Waals surface area contributed by atoms with Gasteiger partial charge < -0.3 is 4.57 Å². The molecule has 0 fully saturated rings. The van der Waals surface area contributed by atoms with Gasteiger partial charge in [-0.1, -0.05) is 36.7 Å². The zero-order chi connectivity index (χ0) is 20.7. The monoisotopic (exact) mass is 434 g/mol. The maximum absolute atomic E-state index is 13.1. The summed E-state index contributed by atoms with van der Waals surface area (Å²) in [5.74, 6) is 0. The molecule has 0 radical (unpaired) electrons. The van der Waals surface area contributed by atoms with E-state index in [9.17, 15) is 4.79 Å². The van der Waals surface area contributed by atoms with Crippen molar-refractivity contribution < 1.29 is 0 Å². The van der Waals surface area contributed by atoms with E-state index in [2.05, 4.69) is 23.4 Å². The molecule has 0 aliphatic carbocycles. The molecular formula is C23H19ClN4OS. The molecule has 5 rings (SSSR count). The van der Waals surface area contributed by atoms with Crippen LogP contribution in [-0.4, -0.2) is 19.2 Å². The van der Waals surface area contributed by atoms with E-state index in [1.165, 1.54) is 4.88 Å². The summed E-state index contributed by atoms with van der Waals surface area (Å²) in [4.78, 5) is 19.0. The number of hydrogen-bond acceptors (Lipinski definition) is 4. The summed E-state index contributed by atoms with van der Waals surface area (Å²) in [5.41, 5.74) is 4.42. The van der Waals surface area contributed by atoms with Crippen LogP contribution >= 0.6 is 22.9 Å². The van der Waals surface area contributed by atoms with Gasteiger partial charge in [0.2, 0.25) is 0 Å². The second kappa shape index (κ2) is 7.70. The van der Waals surface area contributed by atoms with Crippen molar-refractivity contribution in [3.8, 4) is 11.1 Å². The van der Waals surface area contributed by atoms with E-state index in [4.69, 9.17) is 16.7 Å². The van der Waals surface area contributed by atoms with Crippen LogP contribution in [0.1, 0.15) is 17.5 Å².